The molecule has 0 unspecified atom stereocenters. The molecule has 0 fully saturated rings. The molecule has 0 aliphatic rings. The van der Waals surface area contributed by atoms with Crippen LogP contribution >= 0.6 is 22.6 Å². The first kappa shape index (κ1) is 13.5. The summed E-state index contributed by atoms with van der Waals surface area (Å²) in [6.07, 6.45) is -3.30. The van der Waals surface area contributed by atoms with Crippen molar-refractivity contribution < 1.29 is 22.7 Å². The highest BCUT2D eigenvalue weighted by molar-refractivity contribution is 14.1. The quantitative estimate of drug-likeness (QED) is 0.344. The molecule has 0 bridgehead atoms. The topological polar surface area (TPSA) is 26.3 Å². The zero-order valence-electron chi connectivity index (χ0n) is 7.10. The van der Waals surface area contributed by atoms with Crippen LogP contribution in [0.2, 0.25) is 0 Å². The molecular weight excluding hydrogens is 312 g/mol. The van der Waals surface area contributed by atoms with Crippen molar-refractivity contribution in [2.75, 3.05) is 6.61 Å². The van der Waals surface area contributed by atoms with E-state index < -0.39 is 18.6 Å². The Morgan fingerprint density at radius 1 is 1.50 bits per heavy atom. The summed E-state index contributed by atoms with van der Waals surface area (Å²) in [7, 11) is 0. The molecule has 2 nitrogen and oxygen atoms in total. The van der Waals surface area contributed by atoms with Crippen LogP contribution in [0.1, 0.15) is 6.42 Å². The van der Waals surface area contributed by atoms with Crippen LogP contribution < -0.4 is 0 Å². The number of alkyl halides is 3. The van der Waals surface area contributed by atoms with E-state index in [-0.39, 0.29) is 10.2 Å². The molecule has 0 rings (SSSR count). The molecular formula is C8H8F3IO2. The predicted molar refractivity (Wildman–Crippen MR) is 53.9 cm³/mol. The molecule has 14 heavy (non-hydrogen) atoms. The Labute approximate surface area is 92.9 Å². The Morgan fingerprint density at radius 3 is 2.50 bits per heavy atom. The summed E-state index contributed by atoms with van der Waals surface area (Å²) < 4.78 is 39.6. The number of allylic oxidation sites excluding steroid dienone is 1. The largest absolute Gasteiger partial charge is 0.458 e. The number of esters is 1. The third kappa shape index (κ3) is 6.93. The summed E-state index contributed by atoms with van der Waals surface area (Å²) in [4.78, 5) is 10.9. The molecule has 0 aromatic carbocycles. The fraction of sp³-hybridized carbons (Fsp3) is 0.375. The monoisotopic (exact) mass is 320 g/mol. The highest BCUT2D eigenvalue weighted by Gasteiger charge is 2.25. The van der Waals surface area contributed by atoms with Gasteiger partial charge in [0.2, 0.25) is 0 Å². The van der Waals surface area contributed by atoms with Crippen LogP contribution in [0.25, 0.3) is 0 Å². The summed E-state index contributed by atoms with van der Waals surface area (Å²) in [6.45, 7) is 3.29. The number of carbonyl (C=O) groups excluding carboxylic acids is 1. The maximum atomic E-state index is 11.7. The van der Waals surface area contributed by atoms with Crippen LogP contribution in [-0.4, -0.2) is 18.8 Å². The van der Waals surface area contributed by atoms with Crippen molar-refractivity contribution in [1.82, 2.24) is 0 Å². The van der Waals surface area contributed by atoms with Gasteiger partial charge in [0.05, 0.1) is 10.0 Å². The number of carbonyl (C=O) groups is 1. The molecule has 6 heteroatoms. The van der Waals surface area contributed by atoms with E-state index in [1.165, 1.54) is 28.7 Å². The minimum atomic E-state index is -4.30. The molecule has 0 atom stereocenters. The molecule has 0 spiro atoms. The summed E-state index contributed by atoms with van der Waals surface area (Å²) >= 11 is 1.50. The van der Waals surface area contributed by atoms with Crippen LogP contribution in [-0.2, 0) is 9.53 Å². The molecule has 0 N–H and O–H groups in total. The van der Waals surface area contributed by atoms with E-state index in [0.717, 1.165) is 6.08 Å². The highest BCUT2D eigenvalue weighted by Crippen LogP contribution is 2.22. The summed E-state index contributed by atoms with van der Waals surface area (Å²) in [5.74, 6) is -0.769. The molecule has 80 valence electrons. The van der Waals surface area contributed by atoms with Crippen molar-refractivity contribution >= 4 is 28.6 Å². The molecule has 0 radical (unpaired) electrons. The lowest BCUT2D eigenvalue weighted by Crippen LogP contribution is -2.08. The van der Waals surface area contributed by atoms with Gasteiger partial charge in [-0.3, -0.25) is 0 Å². The van der Waals surface area contributed by atoms with E-state index in [9.17, 15) is 18.0 Å². The molecule has 0 saturated heterocycles. The van der Waals surface area contributed by atoms with E-state index in [0.29, 0.717) is 0 Å². The third-order valence-corrected chi connectivity index (χ3v) is 1.92. The van der Waals surface area contributed by atoms with Crippen LogP contribution in [0.3, 0.4) is 0 Å². The van der Waals surface area contributed by atoms with Gasteiger partial charge >= 0.3 is 12.1 Å². The SMILES string of the molecule is C=CCOC(=O)/C(I)=C/CC(F)(F)F. The molecule has 0 aromatic rings. The lowest BCUT2D eigenvalue weighted by atomic mass is 10.4. The van der Waals surface area contributed by atoms with Crippen LogP contribution in [0.15, 0.2) is 22.3 Å². The van der Waals surface area contributed by atoms with Crippen LogP contribution in [0.5, 0.6) is 0 Å². The van der Waals surface area contributed by atoms with Gasteiger partial charge in [0, 0.05) is 0 Å². The molecule has 0 amide bonds. The predicted octanol–water partition coefficient (Wildman–Crippen LogP) is 2.99. The zero-order chi connectivity index (χ0) is 11.2. The average Bonchev–Trinajstić information content (AvgIpc) is 2.09. The second kappa shape index (κ2) is 6.05. The summed E-state index contributed by atoms with van der Waals surface area (Å²) in [5, 5.41) is 0. The number of hydrogen-bond donors (Lipinski definition) is 0. The van der Waals surface area contributed by atoms with E-state index >= 15 is 0 Å². The number of rotatable bonds is 4. The lowest BCUT2D eigenvalue weighted by Gasteiger charge is -2.03. The first-order valence-electron chi connectivity index (χ1n) is 3.57. The molecule has 0 saturated carbocycles. The zero-order valence-corrected chi connectivity index (χ0v) is 9.26. The molecule has 0 aliphatic heterocycles. The second-order valence-electron chi connectivity index (χ2n) is 2.26. The maximum Gasteiger partial charge on any atom is 0.392 e. The van der Waals surface area contributed by atoms with E-state index in [2.05, 4.69) is 11.3 Å². The molecule has 0 heterocycles. The van der Waals surface area contributed by atoms with Gasteiger partial charge in [0.1, 0.15) is 6.61 Å². The normalized spacial score (nSPS) is 12.4. The first-order valence-corrected chi connectivity index (χ1v) is 4.65. The van der Waals surface area contributed by atoms with Gasteiger partial charge < -0.3 is 4.74 Å². The average molecular weight is 320 g/mol. The molecule has 0 aromatic heterocycles. The number of hydrogen-bond acceptors (Lipinski definition) is 2. The Bertz CT molecular complexity index is 245. The number of halogens is 4. The van der Waals surface area contributed by atoms with E-state index in [1.807, 2.05) is 0 Å². The van der Waals surface area contributed by atoms with Gasteiger partial charge in [0.15, 0.2) is 0 Å². The van der Waals surface area contributed by atoms with Crippen molar-refractivity contribution in [3.8, 4) is 0 Å². The van der Waals surface area contributed by atoms with Crippen LogP contribution in [0.4, 0.5) is 13.2 Å². The highest BCUT2D eigenvalue weighted by atomic mass is 127. The fourth-order valence-electron chi connectivity index (χ4n) is 0.492. The van der Waals surface area contributed by atoms with Crippen molar-refractivity contribution in [2.45, 2.75) is 12.6 Å². The Hall–Kier alpha value is -0.530. The van der Waals surface area contributed by atoms with Gasteiger partial charge in [0.25, 0.3) is 0 Å². The fourth-order valence-corrected chi connectivity index (χ4v) is 0.868. The smallest absolute Gasteiger partial charge is 0.392 e. The van der Waals surface area contributed by atoms with Gasteiger partial charge in [-0.15, -0.1) is 0 Å². The second-order valence-corrected chi connectivity index (χ2v) is 3.42. The Balaban J connectivity index is 4.10. The summed E-state index contributed by atoms with van der Waals surface area (Å²) in [5.41, 5.74) is 0. The van der Waals surface area contributed by atoms with Gasteiger partial charge in [-0.05, 0) is 22.6 Å². The minimum Gasteiger partial charge on any atom is -0.458 e. The van der Waals surface area contributed by atoms with Crippen LogP contribution in [0, 0.1) is 0 Å². The number of ether oxygens (including phenoxy) is 1. The Kier molecular flexibility index (Phi) is 5.82. The lowest BCUT2D eigenvalue weighted by molar-refractivity contribution is -0.136. The van der Waals surface area contributed by atoms with Gasteiger partial charge in [-0.2, -0.15) is 13.2 Å². The van der Waals surface area contributed by atoms with Crippen molar-refractivity contribution in [2.24, 2.45) is 0 Å². The Morgan fingerprint density at radius 2 is 2.07 bits per heavy atom. The maximum absolute atomic E-state index is 11.7. The minimum absolute atomic E-state index is 0.00874. The van der Waals surface area contributed by atoms with Crippen molar-refractivity contribution in [3.05, 3.63) is 22.3 Å². The van der Waals surface area contributed by atoms with Crippen molar-refractivity contribution in [1.29, 1.82) is 0 Å². The van der Waals surface area contributed by atoms with Crippen molar-refractivity contribution in [3.63, 3.8) is 0 Å². The van der Waals surface area contributed by atoms with Gasteiger partial charge in [-0.1, -0.05) is 18.7 Å². The standard InChI is InChI=1S/C8H8F3IO2/c1-2-5-14-7(13)6(12)3-4-8(9,10)11/h2-3H,1,4-5H2/b6-3-. The van der Waals surface area contributed by atoms with Gasteiger partial charge in [-0.25, -0.2) is 4.79 Å². The van der Waals surface area contributed by atoms with E-state index in [4.69, 9.17) is 0 Å². The first-order chi connectivity index (χ1) is 6.37. The molecule has 0 aliphatic carbocycles. The van der Waals surface area contributed by atoms with E-state index in [1.54, 1.807) is 0 Å². The summed E-state index contributed by atoms with van der Waals surface area (Å²) in [6, 6.07) is 0. The third-order valence-electron chi connectivity index (χ3n) is 1.04.